The van der Waals surface area contributed by atoms with Gasteiger partial charge < -0.3 is 9.73 Å². The molecule has 0 fully saturated rings. The van der Waals surface area contributed by atoms with Gasteiger partial charge in [-0.2, -0.15) is 4.98 Å². The van der Waals surface area contributed by atoms with Crippen LogP contribution in [0.15, 0.2) is 22.6 Å². The zero-order valence-electron chi connectivity index (χ0n) is 8.66. The number of nitrogens with one attached hydrogen (secondary N) is 1. The van der Waals surface area contributed by atoms with E-state index in [0.29, 0.717) is 11.9 Å². The van der Waals surface area contributed by atoms with Crippen molar-refractivity contribution in [1.29, 1.82) is 0 Å². The predicted molar refractivity (Wildman–Crippen MR) is 57.6 cm³/mol. The summed E-state index contributed by atoms with van der Waals surface area (Å²) in [7, 11) is 1.81. The Morgan fingerprint density at radius 3 is 2.79 bits per heavy atom. The van der Waals surface area contributed by atoms with Gasteiger partial charge in [-0.25, -0.2) is 0 Å². The summed E-state index contributed by atoms with van der Waals surface area (Å²) < 4.78 is 5.59. The number of para-hydroxylation sites is 1. The molecule has 3 heteroatoms. The van der Waals surface area contributed by atoms with Crippen LogP contribution in [-0.4, -0.2) is 12.0 Å². The maximum Gasteiger partial charge on any atom is 0.295 e. The average Bonchev–Trinajstić information content (AvgIpc) is 2.59. The number of oxazole rings is 1. The summed E-state index contributed by atoms with van der Waals surface area (Å²) in [5, 5.41) is 2.90. The number of hydrogen-bond acceptors (Lipinski definition) is 3. The van der Waals surface area contributed by atoms with Gasteiger partial charge in [0, 0.05) is 7.05 Å². The van der Waals surface area contributed by atoms with Gasteiger partial charge in [-0.15, -0.1) is 0 Å². The molecule has 1 N–H and O–H groups in total. The maximum absolute atomic E-state index is 5.59. The van der Waals surface area contributed by atoms with Crippen LogP contribution >= 0.6 is 0 Å². The molecule has 0 aliphatic rings. The van der Waals surface area contributed by atoms with Crippen LogP contribution in [0.3, 0.4) is 0 Å². The van der Waals surface area contributed by atoms with Gasteiger partial charge in [-0.1, -0.05) is 26.0 Å². The first-order valence-corrected chi connectivity index (χ1v) is 4.79. The first-order chi connectivity index (χ1) is 6.72. The highest BCUT2D eigenvalue weighted by atomic mass is 16.4. The van der Waals surface area contributed by atoms with E-state index >= 15 is 0 Å². The first kappa shape index (κ1) is 9.06. The van der Waals surface area contributed by atoms with Gasteiger partial charge in [0.25, 0.3) is 6.01 Å². The van der Waals surface area contributed by atoms with E-state index in [0.717, 1.165) is 11.1 Å². The fraction of sp³-hybridized carbons (Fsp3) is 0.364. The van der Waals surface area contributed by atoms with Crippen molar-refractivity contribution in [2.45, 2.75) is 19.8 Å². The molecule has 2 aromatic rings. The second kappa shape index (κ2) is 3.33. The van der Waals surface area contributed by atoms with Crippen LogP contribution < -0.4 is 5.32 Å². The molecule has 0 saturated carbocycles. The summed E-state index contributed by atoms with van der Waals surface area (Å²) in [6.07, 6.45) is 0. The normalized spacial score (nSPS) is 11.1. The summed E-state index contributed by atoms with van der Waals surface area (Å²) in [5.41, 5.74) is 3.02. The van der Waals surface area contributed by atoms with Gasteiger partial charge >= 0.3 is 0 Å². The van der Waals surface area contributed by atoms with Gasteiger partial charge in [0.05, 0.1) is 0 Å². The fourth-order valence-corrected chi connectivity index (χ4v) is 1.53. The molecule has 2 rings (SSSR count). The molecular formula is C11H14N2O. The Labute approximate surface area is 83.1 Å². The highest BCUT2D eigenvalue weighted by Gasteiger charge is 2.10. The van der Waals surface area contributed by atoms with E-state index in [1.807, 2.05) is 12.1 Å². The number of fused-ring (bicyclic) bond motifs is 1. The van der Waals surface area contributed by atoms with Crippen molar-refractivity contribution in [2.75, 3.05) is 12.4 Å². The van der Waals surface area contributed by atoms with E-state index in [2.05, 4.69) is 30.2 Å². The number of aromatic nitrogens is 1. The molecule has 74 valence electrons. The van der Waals surface area contributed by atoms with Crippen LogP contribution in [0.1, 0.15) is 25.3 Å². The zero-order chi connectivity index (χ0) is 10.1. The van der Waals surface area contributed by atoms with E-state index in [4.69, 9.17) is 4.42 Å². The van der Waals surface area contributed by atoms with Crippen molar-refractivity contribution in [2.24, 2.45) is 0 Å². The van der Waals surface area contributed by atoms with Crippen molar-refractivity contribution in [3.63, 3.8) is 0 Å². The van der Waals surface area contributed by atoms with Gasteiger partial charge in [0.2, 0.25) is 0 Å². The van der Waals surface area contributed by atoms with Gasteiger partial charge in [0.1, 0.15) is 5.52 Å². The highest BCUT2D eigenvalue weighted by molar-refractivity contribution is 5.78. The van der Waals surface area contributed by atoms with Gasteiger partial charge in [-0.05, 0) is 17.5 Å². The monoisotopic (exact) mass is 190 g/mol. The molecule has 1 heterocycles. The summed E-state index contributed by atoms with van der Waals surface area (Å²) in [4.78, 5) is 4.30. The molecule has 0 aliphatic heterocycles. The largest absolute Gasteiger partial charge is 0.423 e. The minimum Gasteiger partial charge on any atom is -0.423 e. The molecule has 0 spiro atoms. The SMILES string of the molecule is CNc1nc2cccc(C(C)C)c2o1. The molecule has 3 nitrogen and oxygen atoms in total. The summed E-state index contributed by atoms with van der Waals surface area (Å²) in [6.45, 7) is 4.30. The predicted octanol–water partition coefficient (Wildman–Crippen LogP) is 2.99. The van der Waals surface area contributed by atoms with Crippen molar-refractivity contribution in [3.8, 4) is 0 Å². The quantitative estimate of drug-likeness (QED) is 0.791. The van der Waals surface area contributed by atoms with E-state index < -0.39 is 0 Å². The second-order valence-corrected chi connectivity index (χ2v) is 3.62. The Morgan fingerprint density at radius 1 is 1.36 bits per heavy atom. The Kier molecular flexibility index (Phi) is 2.15. The van der Waals surface area contributed by atoms with Crippen LogP contribution in [0.5, 0.6) is 0 Å². The van der Waals surface area contributed by atoms with Gasteiger partial charge in [0.15, 0.2) is 5.58 Å². The van der Waals surface area contributed by atoms with E-state index in [-0.39, 0.29) is 0 Å². The third-order valence-electron chi connectivity index (χ3n) is 2.28. The third-order valence-corrected chi connectivity index (χ3v) is 2.28. The molecule has 0 radical (unpaired) electrons. The number of rotatable bonds is 2. The maximum atomic E-state index is 5.59. The smallest absolute Gasteiger partial charge is 0.295 e. The fourth-order valence-electron chi connectivity index (χ4n) is 1.53. The molecule has 0 amide bonds. The second-order valence-electron chi connectivity index (χ2n) is 3.62. The number of nitrogens with zero attached hydrogens (tertiary/aromatic N) is 1. The molecule has 0 unspecified atom stereocenters. The van der Waals surface area contributed by atoms with Crippen LogP contribution in [0.2, 0.25) is 0 Å². The summed E-state index contributed by atoms with van der Waals surface area (Å²) in [5.74, 6) is 0.455. The Morgan fingerprint density at radius 2 is 2.14 bits per heavy atom. The average molecular weight is 190 g/mol. The van der Waals surface area contributed by atoms with Crippen molar-refractivity contribution in [3.05, 3.63) is 23.8 Å². The first-order valence-electron chi connectivity index (χ1n) is 4.79. The van der Waals surface area contributed by atoms with E-state index in [9.17, 15) is 0 Å². The molecule has 1 aromatic heterocycles. The minimum absolute atomic E-state index is 0.455. The lowest BCUT2D eigenvalue weighted by Crippen LogP contribution is -1.86. The van der Waals surface area contributed by atoms with Crippen molar-refractivity contribution >= 4 is 17.1 Å². The molecule has 0 bridgehead atoms. The molecule has 1 aromatic carbocycles. The Hall–Kier alpha value is -1.51. The van der Waals surface area contributed by atoms with Crippen LogP contribution in [0, 0.1) is 0 Å². The standard InChI is InChI=1S/C11H14N2O/c1-7(2)8-5-4-6-9-10(8)14-11(12-3)13-9/h4-7H,1-3H3,(H,12,13). The van der Waals surface area contributed by atoms with E-state index in [1.54, 1.807) is 7.05 Å². The van der Waals surface area contributed by atoms with Crippen molar-refractivity contribution < 1.29 is 4.42 Å². The number of anilines is 1. The lowest BCUT2D eigenvalue weighted by molar-refractivity contribution is 0.612. The highest BCUT2D eigenvalue weighted by Crippen LogP contribution is 2.27. The third kappa shape index (κ3) is 1.35. The zero-order valence-corrected chi connectivity index (χ0v) is 8.66. The number of hydrogen-bond donors (Lipinski definition) is 1. The molecule has 0 aliphatic carbocycles. The van der Waals surface area contributed by atoms with Crippen LogP contribution in [0.4, 0.5) is 6.01 Å². The molecule has 14 heavy (non-hydrogen) atoms. The Bertz CT molecular complexity index is 445. The lowest BCUT2D eigenvalue weighted by atomic mass is 10.0. The number of benzene rings is 1. The summed E-state index contributed by atoms with van der Waals surface area (Å²) >= 11 is 0. The minimum atomic E-state index is 0.455. The molecule has 0 saturated heterocycles. The topological polar surface area (TPSA) is 38.1 Å². The van der Waals surface area contributed by atoms with Crippen molar-refractivity contribution in [1.82, 2.24) is 4.98 Å². The van der Waals surface area contributed by atoms with Gasteiger partial charge in [-0.3, -0.25) is 0 Å². The lowest BCUT2D eigenvalue weighted by Gasteiger charge is -2.03. The summed E-state index contributed by atoms with van der Waals surface area (Å²) in [6, 6.07) is 6.64. The van der Waals surface area contributed by atoms with Crippen LogP contribution in [0.25, 0.3) is 11.1 Å². The van der Waals surface area contributed by atoms with E-state index in [1.165, 1.54) is 5.56 Å². The van der Waals surface area contributed by atoms with Crippen LogP contribution in [-0.2, 0) is 0 Å². The Balaban J connectivity index is 2.66. The molecular weight excluding hydrogens is 176 g/mol. The molecule has 0 atom stereocenters.